The summed E-state index contributed by atoms with van der Waals surface area (Å²) in [5.74, 6) is 0.223. The molecular formula is C14H20N2O2. The second-order valence-corrected chi connectivity index (χ2v) is 5.10. The fraction of sp³-hybridized carbons (Fsp3) is 0.571. The molecule has 0 saturated carbocycles. The maximum atomic E-state index is 11.5. The third kappa shape index (κ3) is 2.70. The molecule has 1 aliphatic rings. The number of cyclic esters (lactones) is 1. The lowest BCUT2D eigenvalue weighted by atomic mass is 9.96. The molecule has 4 nitrogen and oxygen atoms in total. The van der Waals surface area contributed by atoms with Crippen LogP contribution in [0.1, 0.15) is 37.6 Å². The molecule has 0 aliphatic carbocycles. The average Bonchev–Trinajstić information content (AvgIpc) is 2.73. The van der Waals surface area contributed by atoms with E-state index in [-0.39, 0.29) is 18.1 Å². The molecule has 0 unspecified atom stereocenters. The van der Waals surface area contributed by atoms with E-state index in [1.165, 1.54) is 0 Å². The van der Waals surface area contributed by atoms with Gasteiger partial charge in [0, 0.05) is 12.6 Å². The Morgan fingerprint density at radius 1 is 1.50 bits per heavy atom. The van der Waals surface area contributed by atoms with E-state index in [1.54, 1.807) is 6.20 Å². The minimum absolute atomic E-state index is 0.0850. The van der Waals surface area contributed by atoms with Gasteiger partial charge in [-0.05, 0) is 24.5 Å². The summed E-state index contributed by atoms with van der Waals surface area (Å²) >= 11 is 0. The van der Waals surface area contributed by atoms with Crippen molar-refractivity contribution in [2.75, 3.05) is 6.61 Å². The van der Waals surface area contributed by atoms with Crippen LogP contribution >= 0.6 is 0 Å². The lowest BCUT2D eigenvalue weighted by molar-refractivity contribution is -0.139. The van der Waals surface area contributed by atoms with Crippen molar-refractivity contribution < 1.29 is 9.53 Å². The number of ether oxygens (including phenoxy) is 1. The van der Waals surface area contributed by atoms with Crippen molar-refractivity contribution in [1.82, 2.24) is 10.3 Å². The average molecular weight is 248 g/mol. The van der Waals surface area contributed by atoms with E-state index in [4.69, 9.17) is 4.74 Å². The largest absolute Gasteiger partial charge is 0.464 e. The number of nitrogens with zero attached hydrogens (tertiary/aromatic N) is 1. The lowest BCUT2D eigenvalue weighted by Crippen LogP contribution is -2.39. The molecular weight excluding hydrogens is 228 g/mol. The first-order valence-electron chi connectivity index (χ1n) is 6.44. The highest BCUT2D eigenvalue weighted by molar-refractivity contribution is 5.77. The molecule has 0 spiro atoms. The Morgan fingerprint density at radius 2 is 2.28 bits per heavy atom. The molecule has 0 aromatic carbocycles. The number of aromatic nitrogens is 1. The fourth-order valence-electron chi connectivity index (χ4n) is 2.27. The Morgan fingerprint density at radius 3 is 2.83 bits per heavy atom. The van der Waals surface area contributed by atoms with E-state index < -0.39 is 0 Å². The predicted molar refractivity (Wildman–Crippen MR) is 69.1 cm³/mol. The van der Waals surface area contributed by atoms with Crippen LogP contribution in [0.4, 0.5) is 0 Å². The van der Waals surface area contributed by atoms with Crippen molar-refractivity contribution in [3.8, 4) is 0 Å². The van der Waals surface area contributed by atoms with Gasteiger partial charge in [0.15, 0.2) is 0 Å². The van der Waals surface area contributed by atoms with E-state index in [9.17, 15) is 4.79 Å². The van der Waals surface area contributed by atoms with E-state index in [0.717, 1.165) is 17.7 Å². The maximum Gasteiger partial charge on any atom is 0.323 e. The van der Waals surface area contributed by atoms with Crippen LogP contribution in [-0.2, 0) is 9.53 Å². The van der Waals surface area contributed by atoms with Gasteiger partial charge in [0.25, 0.3) is 0 Å². The summed E-state index contributed by atoms with van der Waals surface area (Å²) in [7, 11) is 0. The SMILES string of the molecule is Cc1cccnc1[C@H](N[C@@H]1CCOC1=O)C(C)C. The fourth-order valence-corrected chi connectivity index (χ4v) is 2.27. The normalized spacial score (nSPS) is 21.1. The number of aryl methyl sites for hydroxylation is 1. The summed E-state index contributed by atoms with van der Waals surface area (Å²) in [4.78, 5) is 16.0. The van der Waals surface area contributed by atoms with Gasteiger partial charge in [-0.25, -0.2) is 0 Å². The molecule has 1 fully saturated rings. The Labute approximate surface area is 108 Å². The number of esters is 1. The molecule has 1 aromatic heterocycles. The second kappa shape index (κ2) is 5.48. The van der Waals surface area contributed by atoms with Crippen LogP contribution in [0.3, 0.4) is 0 Å². The number of hydrogen-bond acceptors (Lipinski definition) is 4. The zero-order valence-electron chi connectivity index (χ0n) is 11.1. The number of pyridine rings is 1. The molecule has 4 heteroatoms. The molecule has 1 aromatic rings. The van der Waals surface area contributed by atoms with E-state index in [1.807, 2.05) is 19.1 Å². The minimum Gasteiger partial charge on any atom is -0.464 e. The van der Waals surface area contributed by atoms with Crippen LogP contribution in [0.5, 0.6) is 0 Å². The van der Waals surface area contributed by atoms with Crippen molar-refractivity contribution in [3.63, 3.8) is 0 Å². The van der Waals surface area contributed by atoms with Gasteiger partial charge in [-0.3, -0.25) is 15.1 Å². The zero-order chi connectivity index (χ0) is 13.1. The smallest absolute Gasteiger partial charge is 0.323 e. The Kier molecular flexibility index (Phi) is 3.97. The van der Waals surface area contributed by atoms with Crippen LogP contribution in [0, 0.1) is 12.8 Å². The van der Waals surface area contributed by atoms with Gasteiger partial charge in [-0.15, -0.1) is 0 Å². The molecule has 98 valence electrons. The molecule has 2 rings (SSSR count). The quantitative estimate of drug-likeness (QED) is 0.828. The third-order valence-corrected chi connectivity index (χ3v) is 3.33. The number of rotatable bonds is 4. The molecule has 0 amide bonds. The van der Waals surface area contributed by atoms with Crippen LogP contribution in [0.25, 0.3) is 0 Å². The highest BCUT2D eigenvalue weighted by Gasteiger charge is 2.31. The summed E-state index contributed by atoms with van der Waals surface area (Å²) in [6.07, 6.45) is 2.54. The van der Waals surface area contributed by atoms with Gasteiger partial charge in [0.05, 0.1) is 18.3 Å². The van der Waals surface area contributed by atoms with E-state index in [2.05, 4.69) is 24.1 Å². The van der Waals surface area contributed by atoms with Gasteiger partial charge in [0.1, 0.15) is 6.04 Å². The summed E-state index contributed by atoms with van der Waals surface area (Å²) in [5, 5.41) is 3.39. The lowest BCUT2D eigenvalue weighted by Gasteiger charge is -2.25. The number of hydrogen-bond donors (Lipinski definition) is 1. The van der Waals surface area contributed by atoms with Crippen LogP contribution in [0.2, 0.25) is 0 Å². The van der Waals surface area contributed by atoms with E-state index >= 15 is 0 Å². The predicted octanol–water partition coefficient (Wildman–Crippen LogP) is 1.99. The third-order valence-electron chi connectivity index (χ3n) is 3.33. The minimum atomic E-state index is -0.196. The van der Waals surface area contributed by atoms with Crippen LogP contribution in [-0.4, -0.2) is 23.6 Å². The molecule has 1 saturated heterocycles. The summed E-state index contributed by atoms with van der Waals surface area (Å²) in [5.41, 5.74) is 2.17. The number of nitrogens with one attached hydrogen (secondary N) is 1. The van der Waals surface area contributed by atoms with Gasteiger partial charge < -0.3 is 4.74 Å². The molecule has 18 heavy (non-hydrogen) atoms. The van der Waals surface area contributed by atoms with Crippen LogP contribution < -0.4 is 5.32 Å². The molecule has 2 heterocycles. The van der Waals surface area contributed by atoms with Crippen molar-refractivity contribution in [3.05, 3.63) is 29.6 Å². The van der Waals surface area contributed by atoms with Crippen molar-refractivity contribution in [1.29, 1.82) is 0 Å². The van der Waals surface area contributed by atoms with E-state index in [0.29, 0.717) is 12.5 Å². The van der Waals surface area contributed by atoms with Crippen molar-refractivity contribution in [2.24, 2.45) is 5.92 Å². The topological polar surface area (TPSA) is 51.2 Å². The molecule has 0 bridgehead atoms. The highest BCUT2D eigenvalue weighted by Crippen LogP contribution is 2.24. The second-order valence-electron chi connectivity index (χ2n) is 5.10. The first-order chi connectivity index (χ1) is 8.59. The van der Waals surface area contributed by atoms with Gasteiger partial charge in [-0.2, -0.15) is 0 Å². The Bertz CT molecular complexity index is 432. The molecule has 1 aliphatic heterocycles. The van der Waals surface area contributed by atoms with Crippen molar-refractivity contribution >= 4 is 5.97 Å². The monoisotopic (exact) mass is 248 g/mol. The molecule has 0 radical (unpaired) electrons. The van der Waals surface area contributed by atoms with Crippen molar-refractivity contribution in [2.45, 2.75) is 39.3 Å². The summed E-state index contributed by atoms with van der Waals surface area (Å²) in [6.45, 7) is 6.83. The molecule has 2 atom stereocenters. The van der Waals surface area contributed by atoms with Gasteiger partial charge in [0.2, 0.25) is 0 Å². The number of carbonyl (C=O) groups excluding carboxylic acids is 1. The standard InChI is InChI=1S/C14H20N2O2/c1-9(2)12(13-10(3)5-4-7-15-13)16-11-6-8-18-14(11)17/h4-5,7,9,11-12,16H,6,8H2,1-3H3/t11-,12-/m1/s1. The van der Waals surface area contributed by atoms with Gasteiger partial charge in [-0.1, -0.05) is 19.9 Å². The first kappa shape index (κ1) is 13.0. The molecule has 1 N–H and O–H groups in total. The first-order valence-corrected chi connectivity index (χ1v) is 6.44. The Balaban J connectivity index is 2.19. The maximum absolute atomic E-state index is 11.5. The number of carbonyl (C=O) groups is 1. The highest BCUT2D eigenvalue weighted by atomic mass is 16.5. The Hall–Kier alpha value is -1.42. The zero-order valence-corrected chi connectivity index (χ0v) is 11.1. The van der Waals surface area contributed by atoms with Gasteiger partial charge >= 0.3 is 5.97 Å². The summed E-state index contributed by atoms with van der Waals surface area (Å²) < 4.78 is 4.99. The van der Waals surface area contributed by atoms with Crippen LogP contribution in [0.15, 0.2) is 18.3 Å². The summed E-state index contributed by atoms with van der Waals surface area (Å²) in [6, 6.07) is 3.87.